The van der Waals surface area contributed by atoms with Crippen molar-refractivity contribution in [1.29, 1.82) is 0 Å². The molecule has 10 heteroatoms. The summed E-state index contributed by atoms with van der Waals surface area (Å²) in [5.41, 5.74) is -0.0135. The van der Waals surface area contributed by atoms with Gasteiger partial charge in [-0.05, 0) is 18.2 Å². The van der Waals surface area contributed by atoms with Crippen molar-refractivity contribution in [2.45, 2.75) is 5.03 Å². The van der Waals surface area contributed by atoms with E-state index in [1.54, 1.807) is 0 Å². The first-order valence-electron chi connectivity index (χ1n) is 5.45. The summed E-state index contributed by atoms with van der Waals surface area (Å²) in [6.07, 6.45) is 1.20. The van der Waals surface area contributed by atoms with Crippen LogP contribution >= 0.6 is 23.2 Å². The van der Waals surface area contributed by atoms with Crippen LogP contribution in [0.3, 0.4) is 0 Å². The number of halogens is 2. The van der Waals surface area contributed by atoms with Gasteiger partial charge in [0.2, 0.25) is 0 Å². The molecule has 0 aliphatic heterocycles. The number of aromatic carboxylic acids is 1. The van der Waals surface area contributed by atoms with E-state index < -0.39 is 16.0 Å². The summed E-state index contributed by atoms with van der Waals surface area (Å²) in [7, 11) is -2.54. The Morgan fingerprint density at radius 2 is 2.00 bits per heavy atom. The Labute approximate surface area is 130 Å². The highest BCUT2D eigenvalue weighted by molar-refractivity contribution is 7.92. The molecule has 7 nitrogen and oxygen atoms in total. The molecule has 0 atom stereocenters. The van der Waals surface area contributed by atoms with E-state index in [9.17, 15) is 13.2 Å². The zero-order valence-electron chi connectivity index (χ0n) is 10.5. The molecule has 0 saturated heterocycles. The molecule has 21 heavy (non-hydrogen) atoms. The van der Waals surface area contributed by atoms with E-state index in [1.165, 1.54) is 31.4 Å². The number of carboxylic acid groups (broad SMARTS) is 1. The first-order chi connectivity index (χ1) is 9.72. The summed E-state index contributed by atoms with van der Waals surface area (Å²) in [4.78, 5) is 10.8. The fourth-order valence-corrected chi connectivity index (χ4v) is 3.63. The second-order valence-electron chi connectivity index (χ2n) is 4.03. The Bertz CT molecular complexity index is 797. The Kier molecular flexibility index (Phi) is 4.13. The van der Waals surface area contributed by atoms with Gasteiger partial charge < -0.3 is 5.11 Å². The zero-order valence-corrected chi connectivity index (χ0v) is 12.9. The highest BCUT2D eigenvalue weighted by Gasteiger charge is 2.23. The molecule has 2 aromatic rings. The monoisotopic (exact) mass is 349 g/mol. The summed E-state index contributed by atoms with van der Waals surface area (Å²) in [6, 6.07) is 3.69. The lowest BCUT2D eigenvalue weighted by Crippen LogP contribution is -2.17. The molecule has 0 fully saturated rings. The lowest BCUT2D eigenvalue weighted by atomic mass is 10.2. The molecule has 1 aromatic carbocycles. The largest absolute Gasteiger partial charge is 0.478 e. The molecular weight excluding hydrogens is 341 g/mol. The SMILES string of the molecule is Cn1ncc(Cl)c1S(=O)(=O)Nc1ccc(C(=O)O)c(Cl)c1. The Hall–Kier alpha value is -1.77. The third-order valence-corrected chi connectivity index (χ3v) is 4.75. The molecule has 0 aliphatic rings. The van der Waals surface area contributed by atoms with Gasteiger partial charge in [0.1, 0.15) is 0 Å². The smallest absolute Gasteiger partial charge is 0.337 e. The van der Waals surface area contributed by atoms with E-state index in [4.69, 9.17) is 28.3 Å². The van der Waals surface area contributed by atoms with Gasteiger partial charge in [-0.15, -0.1) is 0 Å². The third-order valence-electron chi connectivity index (χ3n) is 2.55. The van der Waals surface area contributed by atoms with E-state index >= 15 is 0 Å². The Morgan fingerprint density at radius 3 is 2.48 bits per heavy atom. The quantitative estimate of drug-likeness (QED) is 0.881. The molecule has 2 N–H and O–H groups in total. The van der Waals surface area contributed by atoms with Crippen molar-refractivity contribution in [2.75, 3.05) is 4.72 Å². The van der Waals surface area contributed by atoms with Crippen LogP contribution in [0.25, 0.3) is 0 Å². The van der Waals surface area contributed by atoms with E-state index in [0.29, 0.717) is 0 Å². The molecule has 0 aliphatic carbocycles. The second-order valence-corrected chi connectivity index (χ2v) is 6.44. The minimum atomic E-state index is -3.97. The average molecular weight is 350 g/mol. The summed E-state index contributed by atoms with van der Waals surface area (Å²) < 4.78 is 27.8. The van der Waals surface area contributed by atoms with Crippen LogP contribution in [0.2, 0.25) is 10.0 Å². The number of nitrogens with one attached hydrogen (secondary N) is 1. The molecule has 112 valence electrons. The number of anilines is 1. The fraction of sp³-hybridized carbons (Fsp3) is 0.0909. The number of nitrogens with zero attached hydrogens (tertiary/aromatic N) is 2. The number of aryl methyl sites for hydroxylation is 1. The fourth-order valence-electron chi connectivity index (χ4n) is 1.66. The highest BCUT2D eigenvalue weighted by atomic mass is 35.5. The van der Waals surface area contributed by atoms with Crippen LogP contribution in [0, 0.1) is 0 Å². The molecule has 0 amide bonds. The maximum Gasteiger partial charge on any atom is 0.337 e. The van der Waals surface area contributed by atoms with Crippen LogP contribution < -0.4 is 4.72 Å². The molecule has 1 aromatic heterocycles. The van der Waals surface area contributed by atoms with Crippen molar-refractivity contribution in [2.24, 2.45) is 7.05 Å². The van der Waals surface area contributed by atoms with Crippen LogP contribution in [0.15, 0.2) is 29.4 Å². The molecule has 0 radical (unpaired) electrons. The number of hydrogen-bond acceptors (Lipinski definition) is 4. The molecule has 2 rings (SSSR count). The minimum absolute atomic E-state index is 0.0294. The van der Waals surface area contributed by atoms with E-state index in [0.717, 1.165) is 4.68 Å². The maximum absolute atomic E-state index is 12.2. The summed E-state index contributed by atoms with van der Waals surface area (Å²) in [5.74, 6) is -1.20. The van der Waals surface area contributed by atoms with Crippen molar-refractivity contribution in [3.63, 3.8) is 0 Å². The molecular formula is C11H9Cl2N3O4S. The number of carboxylic acids is 1. The van der Waals surface area contributed by atoms with Gasteiger partial charge in [-0.3, -0.25) is 9.40 Å². The standard InChI is InChI=1S/C11H9Cl2N3O4S/c1-16-10(9(13)5-14-16)21(19,20)15-6-2-3-7(11(17)18)8(12)4-6/h2-5,15H,1H3,(H,17,18). The van der Waals surface area contributed by atoms with Gasteiger partial charge in [0.25, 0.3) is 10.0 Å². The van der Waals surface area contributed by atoms with Crippen molar-refractivity contribution >= 4 is 44.9 Å². The lowest BCUT2D eigenvalue weighted by molar-refractivity contribution is 0.0697. The van der Waals surface area contributed by atoms with Gasteiger partial charge in [0.15, 0.2) is 5.03 Å². The van der Waals surface area contributed by atoms with Gasteiger partial charge in [0, 0.05) is 7.05 Å². The third kappa shape index (κ3) is 3.12. The van der Waals surface area contributed by atoms with Gasteiger partial charge in [-0.1, -0.05) is 23.2 Å². The number of carbonyl (C=O) groups is 1. The van der Waals surface area contributed by atoms with E-state index in [-0.39, 0.29) is 26.3 Å². The van der Waals surface area contributed by atoms with Crippen LogP contribution in [0.4, 0.5) is 5.69 Å². The molecule has 0 unspecified atom stereocenters. The molecule has 1 heterocycles. The van der Waals surface area contributed by atoms with E-state index in [2.05, 4.69) is 9.82 Å². The number of benzene rings is 1. The van der Waals surface area contributed by atoms with Gasteiger partial charge in [-0.25, -0.2) is 4.79 Å². The van der Waals surface area contributed by atoms with Crippen LogP contribution in [-0.2, 0) is 17.1 Å². The van der Waals surface area contributed by atoms with Gasteiger partial charge >= 0.3 is 5.97 Å². The molecule has 0 saturated carbocycles. The summed E-state index contributed by atoms with van der Waals surface area (Å²) in [6.45, 7) is 0. The van der Waals surface area contributed by atoms with Crippen molar-refractivity contribution in [1.82, 2.24) is 9.78 Å². The summed E-state index contributed by atoms with van der Waals surface area (Å²) in [5, 5.41) is 12.3. The predicted octanol–water partition coefficient (Wildman–Crippen LogP) is 2.23. The van der Waals surface area contributed by atoms with Crippen molar-refractivity contribution in [3.05, 3.63) is 40.0 Å². The number of hydrogen-bond donors (Lipinski definition) is 2. The Balaban J connectivity index is 2.38. The minimum Gasteiger partial charge on any atom is -0.478 e. The number of sulfonamides is 1. The van der Waals surface area contributed by atoms with Crippen LogP contribution in [0.1, 0.15) is 10.4 Å². The van der Waals surface area contributed by atoms with Gasteiger partial charge in [0.05, 0.1) is 27.5 Å². The molecule has 0 spiro atoms. The zero-order chi connectivity index (χ0) is 15.8. The maximum atomic E-state index is 12.2. The van der Waals surface area contributed by atoms with Crippen molar-refractivity contribution in [3.8, 4) is 0 Å². The Morgan fingerprint density at radius 1 is 1.33 bits per heavy atom. The lowest BCUT2D eigenvalue weighted by Gasteiger charge is -2.09. The first kappa shape index (κ1) is 15.6. The van der Waals surface area contributed by atoms with Crippen molar-refractivity contribution < 1.29 is 18.3 Å². The normalized spacial score (nSPS) is 11.4. The van der Waals surface area contributed by atoms with Crippen LogP contribution in [-0.4, -0.2) is 29.3 Å². The van der Waals surface area contributed by atoms with Crippen LogP contribution in [0.5, 0.6) is 0 Å². The molecule has 0 bridgehead atoms. The second kappa shape index (κ2) is 5.55. The summed E-state index contributed by atoms with van der Waals surface area (Å²) >= 11 is 11.6. The first-order valence-corrected chi connectivity index (χ1v) is 7.69. The predicted molar refractivity (Wildman–Crippen MR) is 77.4 cm³/mol. The topological polar surface area (TPSA) is 101 Å². The number of rotatable bonds is 4. The van der Waals surface area contributed by atoms with E-state index in [1.807, 2.05) is 0 Å². The van der Waals surface area contributed by atoms with Gasteiger partial charge in [-0.2, -0.15) is 13.5 Å². The average Bonchev–Trinajstić information content (AvgIpc) is 2.68. The highest BCUT2D eigenvalue weighted by Crippen LogP contribution is 2.25. The number of aromatic nitrogens is 2.